The molecule has 0 aromatic rings. The number of hydrogen-bond acceptors (Lipinski definition) is 2. The maximum atomic E-state index is 9.29. The molecule has 1 aliphatic rings. The van der Waals surface area contributed by atoms with Crippen LogP contribution in [0, 0.1) is 11.8 Å². The van der Waals surface area contributed by atoms with E-state index in [2.05, 4.69) is 25.9 Å². The molecule has 3 atom stereocenters. The van der Waals surface area contributed by atoms with E-state index in [9.17, 15) is 5.11 Å². The van der Waals surface area contributed by atoms with Gasteiger partial charge in [0.15, 0.2) is 0 Å². The first-order chi connectivity index (χ1) is 6.15. The Balaban J connectivity index is 2.47. The molecule has 3 unspecified atom stereocenters. The normalized spacial score (nSPS) is 32.1. The van der Waals surface area contributed by atoms with E-state index >= 15 is 0 Å². The van der Waals surface area contributed by atoms with Crippen LogP contribution in [0.3, 0.4) is 0 Å². The van der Waals surface area contributed by atoms with Crippen LogP contribution in [0.1, 0.15) is 32.6 Å². The fourth-order valence-corrected chi connectivity index (χ4v) is 2.56. The zero-order valence-electron chi connectivity index (χ0n) is 9.16. The summed E-state index contributed by atoms with van der Waals surface area (Å²) in [4.78, 5) is 2.17. The summed E-state index contributed by atoms with van der Waals surface area (Å²) in [7, 11) is 4.14. The lowest BCUT2D eigenvalue weighted by Crippen LogP contribution is -2.40. The molecule has 1 aliphatic carbocycles. The Labute approximate surface area is 81.9 Å². The van der Waals surface area contributed by atoms with Gasteiger partial charge in [0, 0.05) is 6.04 Å². The first kappa shape index (κ1) is 11.0. The Kier molecular flexibility index (Phi) is 4.20. The van der Waals surface area contributed by atoms with Gasteiger partial charge in [0.1, 0.15) is 0 Å². The summed E-state index contributed by atoms with van der Waals surface area (Å²) in [5, 5.41) is 9.29. The molecule has 0 spiro atoms. The van der Waals surface area contributed by atoms with Gasteiger partial charge in [-0.05, 0) is 38.8 Å². The van der Waals surface area contributed by atoms with Crippen molar-refractivity contribution in [2.45, 2.75) is 38.6 Å². The van der Waals surface area contributed by atoms with E-state index in [0.717, 1.165) is 5.92 Å². The Morgan fingerprint density at radius 2 is 2.08 bits per heavy atom. The van der Waals surface area contributed by atoms with Gasteiger partial charge in [-0.3, -0.25) is 0 Å². The van der Waals surface area contributed by atoms with Crippen molar-refractivity contribution in [1.29, 1.82) is 0 Å². The summed E-state index contributed by atoms with van der Waals surface area (Å²) >= 11 is 0. The van der Waals surface area contributed by atoms with E-state index in [0.29, 0.717) is 18.6 Å². The first-order valence-electron chi connectivity index (χ1n) is 5.42. The number of hydrogen-bond donors (Lipinski definition) is 1. The van der Waals surface area contributed by atoms with Crippen LogP contribution in [-0.4, -0.2) is 36.8 Å². The van der Waals surface area contributed by atoms with Crippen molar-refractivity contribution < 1.29 is 5.11 Å². The van der Waals surface area contributed by atoms with E-state index in [1.165, 1.54) is 25.7 Å². The highest BCUT2D eigenvalue weighted by molar-refractivity contribution is 4.80. The van der Waals surface area contributed by atoms with Crippen molar-refractivity contribution in [1.82, 2.24) is 4.90 Å². The highest BCUT2D eigenvalue weighted by atomic mass is 16.3. The molecule has 78 valence electrons. The molecule has 0 bridgehead atoms. The van der Waals surface area contributed by atoms with Gasteiger partial charge in [-0.15, -0.1) is 0 Å². The quantitative estimate of drug-likeness (QED) is 0.724. The van der Waals surface area contributed by atoms with Crippen LogP contribution in [0.25, 0.3) is 0 Å². The molecular formula is C11H23NO. The minimum Gasteiger partial charge on any atom is -0.395 e. The standard InChI is InChI=1S/C11H23NO/c1-9-5-4-6-10(7-9)11(8-13)12(2)3/h9-11,13H,4-8H2,1-3H3. The van der Waals surface area contributed by atoms with Gasteiger partial charge in [0.25, 0.3) is 0 Å². The molecule has 0 aliphatic heterocycles. The van der Waals surface area contributed by atoms with Crippen molar-refractivity contribution >= 4 is 0 Å². The molecule has 1 rings (SSSR count). The third-order valence-corrected chi connectivity index (χ3v) is 3.37. The van der Waals surface area contributed by atoms with Crippen LogP contribution >= 0.6 is 0 Å². The third-order valence-electron chi connectivity index (χ3n) is 3.37. The molecule has 0 amide bonds. The maximum Gasteiger partial charge on any atom is 0.0589 e. The third kappa shape index (κ3) is 2.96. The van der Waals surface area contributed by atoms with Crippen LogP contribution in [0.15, 0.2) is 0 Å². The molecule has 0 aromatic heterocycles. The summed E-state index contributed by atoms with van der Waals surface area (Å²) in [5.74, 6) is 1.57. The van der Waals surface area contributed by atoms with Gasteiger partial charge in [-0.25, -0.2) is 0 Å². The van der Waals surface area contributed by atoms with E-state index in [1.807, 2.05) is 0 Å². The summed E-state index contributed by atoms with van der Waals surface area (Å²) in [5.41, 5.74) is 0. The molecule has 13 heavy (non-hydrogen) atoms. The molecule has 1 N–H and O–H groups in total. The largest absolute Gasteiger partial charge is 0.395 e. The molecule has 0 radical (unpaired) electrons. The number of nitrogens with zero attached hydrogens (tertiary/aromatic N) is 1. The number of aliphatic hydroxyl groups is 1. The second-order valence-electron chi connectivity index (χ2n) is 4.75. The maximum absolute atomic E-state index is 9.29. The smallest absolute Gasteiger partial charge is 0.0589 e. The first-order valence-corrected chi connectivity index (χ1v) is 5.42. The zero-order chi connectivity index (χ0) is 9.84. The average Bonchev–Trinajstić information content (AvgIpc) is 2.04. The summed E-state index contributed by atoms with van der Waals surface area (Å²) in [6.45, 7) is 2.64. The Morgan fingerprint density at radius 3 is 2.54 bits per heavy atom. The fourth-order valence-electron chi connectivity index (χ4n) is 2.56. The highest BCUT2D eigenvalue weighted by Gasteiger charge is 2.27. The van der Waals surface area contributed by atoms with Crippen molar-refractivity contribution in [3.8, 4) is 0 Å². The SMILES string of the molecule is CC1CCCC(C(CO)N(C)C)C1. The Hall–Kier alpha value is -0.0800. The average molecular weight is 185 g/mol. The van der Waals surface area contributed by atoms with Crippen molar-refractivity contribution in [2.75, 3.05) is 20.7 Å². The number of rotatable bonds is 3. The summed E-state index contributed by atoms with van der Waals surface area (Å²) in [6, 6.07) is 0.378. The van der Waals surface area contributed by atoms with Gasteiger partial charge in [-0.2, -0.15) is 0 Å². The monoisotopic (exact) mass is 185 g/mol. The number of aliphatic hydroxyl groups excluding tert-OH is 1. The lowest BCUT2D eigenvalue weighted by molar-refractivity contribution is 0.0886. The van der Waals surface area contributed by atoms with Gasteiger partial charge in [0.2, 0.25) is 0 Å². The van der Waals surface area contributed by atoms with E-state index in [1.54, 1.807) is 0 Å². The number of likely N-dealkylation sites (N-methyl/N-ethyl adjacent to an activating group) is 1. The van der Waals surface area contributed by atoms with Crippen LogP contribution in [0.4, 0.5) is 0 Å². The minimum atomic E-state index is 0.310. The predicted molar refractivity (Wildman–Crippen MR) is 55.7 cm³/mol. The van der Waals surface area contributed by atoms with E-state index < -0.39 is 0 Å². The van der Waals surface area contributed by atoms with E-state index in [4.69, 9.17) is 0 Å². The fraction of sp³-hybridized carbons (Fsp3) is 1.00. The molecule has 0 heterocycles. The zero-order valence-corrected chi connectivity index (χ0v) is 9.16. The minimum absolute atomic E-state index is 0.310. The summed E-state index contributed by atoms with van der Waals surface area (Å²) in [6.07, 6.45) is 5.31. The lowest BCUT2D eigenvalue weighted by Gasteiger charge is -2.35. The van der Waals surface area contributed by atoms with Gasteiger partial charge in [0.05, 0.1) is 6.61 Å². The topological polar surface area (TPSA) is 23.5 Å². The van der Waals surface area contributed by atoms with Gasteiger partial charge in [-0.1, -0.05) is 19.8 Å². The van der Waals surface area contributed by atoms with Crippen LogP contribution in [-0.2, 0) is 0 Å². The molecule has 2 nitrogen and oxygen atoms in total. The Bertz CT molecular complexity index is 147. The Morgan fingerprint density at radius 1 is 1.38 bits per heavy atom. The molecule has 2 heteroatoms. The summed E-state index contributed by atoms with van der Waals surface area (Å²) < 4.78 is 0. The molecule has 0 aromatic carbocycles. The van der Waals surface area contributed by atoms with Crippen LogP contribution < -0.4 is 0 Å². The van der Waals surface area contributed by atoms with Gasteiger partial charge < -0.3 is 10.0 Å². The van der Waals surface area contributed by atoms with Gasteiger partial charge >= 0.3 is 0 Å². The van der Waals surface area contributed by atoms with Crippen molar-refractivity contribution in [3.05, 3.63) is 0 Å². The van der Waals surface area contributed by atoms with E-state index in [-0.39, 0.29) is 0 Å². The molecule has 1 fully saturated rings. The van der Waals surface area contributed by atoms with Crippen LogP contribution in [0.2, 0.25) is 0 Å². The molecule has 1 saturated carbocycles. The second kappa shape index (κ2) is 4.97. The van der Waals surface area contributed by atoms with Crippen molar-refractivity contribution in [3.63, 3.8) is 0 Å². The lowest BCUT2D eigenvalue weighted by atomic mass is 9.78. The molecular weight excluding hydrogens is 162 g/mol. The van der Waals surface area contributed by atoms with Crippen LogP contribution in [0.5, 0.6) is 0 Å². The highest BCUT2D eigenvalue weighted by Crippen LogP contribution is 2.31. The second-order valence-corrected chi connectivity index (χ2v) is 4.75. The predicted octanol–water partition coefficient (Wildman–Crippen LogP) is 1.74. The van der Waals surface area contributed by atoms with Crippen molar-refractivity contribution in [2.24, 2.45) is 11.8 Å². The molecule has 0 saturated heterocycles.